The summed E-state index contributed by atoms with van der Waals surface area (Å²) in [5, 5.41) is 11.9. The molecule has 6 aliphatic rings. The third kappa shape index (κ3) is 8.35. The Morgan fingerprint density at radius 2 is 1.81 bits per heavy atom. The quantitative estimate of drug-likeness (QED) is 0.193. The van der Waals surface area contributed by atoms with Crippen molar-refractivity contribution < 1.29 is 51.7 Å². The Hall–Kier alpha value is -4.84. The van der Waals surface area contributed by atoms with E-state index in [-0.39, 0.29) is 37.4 Å². The Bertz CT molecular complexity index is 2080. The lowest BCUT2D eigenvalue weighted by molar-refractivity contribution is -0.142. The number of amides is 4. The zero-order valence-corrected chi connectivity index (χ0v) is 34.3. The molecule has 1 aromatic rings. The van der Waals surface area contributed by atoms with E-state index >= 15 is 0 Å². The fourth-order valence-corrected chi connectivity index (χ4v) is 9.95. The molecule has 314 valence electrons. The third-order valence-electron chi connectivity index (χ3n) is 11.7. The minimum Gasteiger partial charge on any atom is -0.497 e. The predicted octanol–water partition coefficient (Wildman–Crippen LogP) is 2.21. The Kier molecular flexibility index (Phi) is 11.0. The zero-order chi connectivity index (χ0) is 41.9. The van der Waals surface area contributed by atoms with Crippen molar-refractivity contribution in [1.29, 1.82) is 0 Å². The first kappa shape index (κ1) is 41.3. The number of aliphatic imine (C=N–C) groups is 2. The van der Waals surface area contributed by atoms with Crippen LogP contribution in [-0.2, 0) is 45.1 Å². The summed E-state index contributed by atoms with van der Waals surface area (Å²) in [5.41, 5.74) is -0.237. The molecule has 3 N–H and O–H groups in total. The van der Waals surface area contributed by atoms with Crippen LogP contribution in [0.4, 0.5) is 4.79 Å². The number of sulfonamides is 1. The summed E-state index contributed by atoms with van der Waals surface area (Å²) in [6, 6.07) is 3.62. The first-order valence-electron chi connectivity index (χ1n) is 19.9. The van der Waals surface area contributed by atoms with Gasteiger partial charge in [-0.1, -0.05) is 19.1 Å². The number of carboxylic acids is 1. The molecule has 0 bridgehead atoms. The summed E-state index contributed by atoms with van der Waals surface area (Å²) in [6.07, 6.45) is 0.466. The summed E-state index contributed by atoms with van der Waals surface area (Å²) in [5.74, 6) is -2.94. The van der Waals surface area contributed by atoms with Crippen molar-refractivity contribution in [2.45, 2.75) is 107 Å². The Morgan fingerprint density at radius 1 is 1.09 bits per heavy atom. The van der Waals surface area contributed by atoms with Crippen LogP contribution in [0.5, 0.6) is 5.75 Å². The molecule has 3 heterocycles. The van der Waals surface area contributed by atoms with Crippen LogP contribution < -0.4 is 14.8 Å². The van der Waals surface area contributed by atoms with Gasteiger partial charge < -0.3 is 29.5 Å². The van der Waals surface area contributed by atoms with E-state index in [2.05, 4.69) is 26.6 Å². The average molecular weight is 825 g/mol. The molecule has 3 aliphatic carbocycles. The van der Waals surface area contributed by atoms with Crippen molar-refractivity contribution in [2.75, 3.05) is 33.3 Å². The van der Waals surface area contributed by atoms with Gasteiger partial charge in [0, 0.05) is 36.9 Å². The summed E-state index contributed by atoms with van der Waals surface area (Å²) in [6.45, 7) is 12.1. The smallest absolute Gasteiger partial charge is 0.434 e. The van der Waals surface area contributed by atoms with Gasteiger partial charge in [-0.25, -0.2) is 13.2 Å². The molecule has 0 spiro atoms. The van der Waals surface area contributed by atoms with E-state index in [0.717, 1.165) is 16.7 Å². The van der Waals surface area contributed by atoms with E-state index in [1.807, 2.05) is 24.0 Å². The molecular formula is C40H52N6O11S. The van der Waals surface area contributed by atoms with Crippen LogP contribution in [0, 0.1) is 17.8 Å². The number of benzene rings is 1. The maximum atomic E-state index is 14.7. The molecule has 3 aliphatic heterocycles. The lowest BCUT2D eigenvalue weighted by Gasteiger charge is -2.29. The van der Waals surface area contributed by atoms with Gasteiger partial charge in [0.05, 0.1) is 18.9 Å². The molecule has 7 rings (SSSR count). The number of carbonyl (C=O) groups excluding carboxylic acids is 4. The first-order chi connectivity index (χ1) is 27.3. The number of hydrogen-bond donors (Lipinski definition) is 3. The van der Waals surface area contributed by atoms with Crippen LogP contribution in [0.2, 0.25) is 0 Å². The number of methoxy groups -OCH3 is 1. The second-order valence-electron chi connectivity index (χ2n) is 17.3. The normalized spacial score (nSPS) is 29.1. The molecule has 7 atom stereocenters. The molecule has 5 fully saturated rings. The topological polar surface area (TPSA) is 223 Å². The highest BCUT2D eigenvalue weighted by Crippen LogP contribution is 2.74. The van der Waals surface area contributed by atoms with E-state index in [1.54, 1.807) is 33.9 Å². The Morgan fingerprint density at radius 3 is 2.45 bits per heavy atom. The largest absolute Gasteiger partial charge is 0.497 e. The number of rotatable bonds is 13. The van der Waals surface area contributed by atoms with Crippen molar-refractivity contribution in [3.8, 4) is 5.75 Å². The minimum absolute atomic E-state index is 0.0257. The molecular weight excluding hydrogens is 773 g/mol. The number of aliphatic carboxylic acids is 1. The highest BCUT2D eigenvalue weighted by Gasteiger charge is 2.85. The summed E-state index contributed by atoms with van der Waals surface area (Å²) < 4.78 is 45.0. The van der Waals surface area contributed by atoms with Crippen molar-refractivity contribution in [3.05, 3.63) is 41.5 Å². The zero-order valence-electron chi connectivity index (χ0n) is 33.5. The van der Waals surface area contributed by atoms with Crippen LogP contribution in [-0.4, -0.2) is 133 Å². The highest BCUT2D eigenvalue weighted by molar-refractivity contribution is 7.91. The average Bonchev–Trinajstić information content (AvgIpc) is 4.11. The fourth-order valence-electron chi connectivity index (χ4n) is 8.60. The van der Waals surface area contributed by atoms with Crippen molar-refractivity contribution >= 4 is 51.4 Å². The monoisotopic (exact) mass is 824 g/mol. The SMILES string of the molecule is C=C1[C@@H]2[C@H]1C2(NC(=O)[C@@H]1CC(OC2=NCCc3cc(OC)ccc32)CN1C(=O)C(CCCN1C[C@@H](C)C[C@H]1C(=O)O)=NC(=O)OC(C)(C)C)C(=O)NS(=O)(=O)C1CC1. The predicted molar refractivity (Wildman–Crippen MR) is 210 cm³/mol. The second-order valence-corrected chi connectivity index (χ2v) is 19.3. The van der Waals surface area contributed by atoms with Gasteiger partial charge in [0.25, 0.3) is 11.8 Å². The standard InChI is InChI=1S/C40H52N6O11S/c1-21-16-30(36(49)50)45(19-21)15-7-8-28(42-38(52)57-39(3,4)5)35(48)46-20-25(56-34-27-12-9-24(55-6)17-23(27)13-14-41-34)18-29(46)33(47)43-40(31-22(2)32(31)40)37(51)44-58(53,54)26-10-11-26/h9,12,17,21,25-26,29-32H,2,7-8,10-11,13-16,18-20H2,1,3-6H3,(H,43,47)(H,44,51)(H,49,50)/t21-,25?,29-,30-,31-,32+,40?/m0/s1. The van der Waals surface area contributed by atoms with Crippen LogP contribution in [0.15, 0.2) is 40.3 Å². The molecule has 18 heteroatoms. The van der Waals surface area contributed by atoms with E-state index < -0.39 is 86.2 Å². The fraction of sp³-hybridized carbons (Fsp3) is 0.625. The molecule has 0 radical (unpaired) electrons. The minimum atomic E-state index is -3.93. The number of carbonyl (C=O) groups is 5. The Labute approximate surface area is 337 Å². The number of nitrogens with one attached hydrogen (secondary N) is 2. The molecule has 0 aromatic heterocycles. The maximum Gasteiger partial charge on any atom is 0.434 e. The molecule has 3 saturated carbocycles. The molecule has 1 aromatic carbocycles. The summed E-state index contributed by atoms with van der Waals surface area (Å²) in [4.78, 5) is 79.5. The van der Waals surface area contributed by atoms with Crippen LogP contribution in [0.25, 0.3) is 0 Å². The molecule has 2 saturated heterocycles. The van der Waals surface area contributed by atoms with Crippen LogP contribution in [0.1, 0.15) is 77.3 Å². The summed E-state index contributed by atoms with van der Waals surface area (Å²) in [7, 11) is -2.35. The lowest BCUT2D eigenvalue weighted by Crippen LogP contribution is -2.59. The number of ether oxygens (including phenoxy) is 3. The summed E-state index contributed by atoms with van der Waals surface area (Å²) >= 11 is 0. The molecule has 2 unspecified atom stereocenters. The van der Waals surface area contributed by atoms with Crippen molar-refractivity contribution in [1.82, 2.24) is 19.8 Å². The van der Waals surface area contributed by atoms with Gasteiger partial charge in [-0.3, -0.25) is 33.8 Å². The number of hydrogen-bond acceptors (Lipinski definition) is 12. The second kappa shape index (κ2) is 15.4. The number of likely N-dealkylation sites (tertiary alicyclic amines) is 2. The Balaban J connectivity index is 1.15. The lowest BCUT2D eigenvalue weighted by atomic mass is 10.0. The maximum absolute atomic E-state index is 14.7. The molecule has 58 heavy (non-hydrogen) atoms. The number of carboxylic acid groups (broad SMARTS) is 1. The van der Waals surface area contributed by atoms with Gasteiger partial charge >= 0.3 is 12.1 Å². The van der Waals surface area contributed by atoms with Crippen LogP contribution in [0.3, 0.4) is 0 Å². The molecule has 4 amide bonds. The van der Waals surface area contributed by atoms with Gasteiger partial charge in [-0.2, -0.15) is 4.99 Å². The van der Waals surface area contributed by atoms with Crippen molar-refractivity contribution in [2.24, 2.45) is 27.7 Å². The number of fused-ring (bicyclic) bond motifs is 2. The van der Waals surface area contributed by atoms with Crippen LogP contribution >= 0.6 is 0 Å². The van der Waals surface area contributed by atoms with Gasteiger partial charge in [0.2, 0.25) is 21.8 Å². The van der Waals surface area contributed by atoms with Gasteiger partial charge in [-0.05, 0) is 95.5 Å². The molecule has 17 nitrogen and oxygen atoms in total. The van der Waals surface area contributed by atoms with Gasteiger partial charge in [-0.15, -0.1) is 0 Å². The number of nitrogens with zero attached hydrogens (tertiary/aromatic N) is 4. The van der Waals surface area contributed by atoms with E-state index in [0.29, 0.717) is 57.0 Å². The highest BCUT2D eigenvalue weighted by atomic mass is 32.2. The van der Waals surface area contributed by atoms with E-state index in [4.69, 9.17) is 14.2 Å². The van der Waals surface area contributed by atoms with Gasteiger partial charge in [0.15, 0.2) is 0 Å². The third-order valence-corrected chi connectivity index (χ3v) is 13.5. The van der Waals surface area contributed by atoms with Crippen molar-refractivity contribution in [3.63, 3.8) is 0 Å². The first-order valence-corrected chi connectivity index (χ1v) is 21.4. The van der Waals surface area contributed by atoms with Gasteiger partial charge in [0.1, 0.15) is 40.8 Å². The van der Waals surface area contributed by atoms with E-state index in [1.165, 1.54) is 4.90 Å². The van der Waals surface area contributed by atoms with E-state index in [9.17, 15) is 37.5 Å².